The fraction of sp³-hybridized carbons (Fsp3) is 0.524. The lowest BCUT2D eigenvalue weighted by molar-refractivity contribution is -0.385. The number of rotatable bonds is 7. The number of benzene rings is 1. The topological polar surface area (TPSA) is 142 Å². The molecule has 0 bridgehead atoms. The summed E-state index contributed by atoms with van der Waals surface area (Å²) in [6, 6.07) is 2.37. The Morgan fingerprint density at radius 3 is 2.12 bits per heavy atom. The Labute approximate surface area is 191 Å². The van der Waals surface area contributed by atoms with Crippen LogP contribution in [0.15, 0.2) is 17.2 Å². The number of hydrogen-bond acceptors (Lipinski definition) is 11. The van der Waals surface area contributed by atoms with Crippen LogP contribution in [0.25, 0.3) is 0 Å². The van der Waals surface area contributed by atoms with Crippen LogP contribution in [0.1, 0.15) is 44.1 Å². The Hall–Kier alpha value is -3.70. The number of nitro groups is 1. The molecule has 12 heteroatoms. The first-order valence-electron chi connectivity index (χ1n) is 11.2. The molecule has 2 aliphatic rings. The number of phenols is 1. The number of aromatic nitrogens is 3. The average Bonchev–Trinajstić information content (AvgIpc) is 2.86. The Morgan fingerprint density at radius 1 is 1.03 bits per heavy atom. The van der Waals surface area contributed by atoms with E-state index in [1.165, 1.54) is 32.2 Å². The molecule has 12 nitrogen and oxygen atoms in total. The number of nitrogens with one attached hydrogen (secondary N) is 1. The number of aromatic hydroxyl groups is 1. The lowest BCUT2D eigenvalue weighted by atomic mass is 10.1. The number of hydrazone groups is 1. The highest BCUT2D eigenvalue weighted by atomic mass is 16.6. The van der Waals surface area contributed by atoms with Gasteiger partial charge in [-0.1, -0.05) is 0 Å². The zero-order valence-corrected chi connectivity index (χ0v) is 18.6. The second-order valence-electron chi connectivity index (χ2n) is 8.07. The van der Waals surface area contributed by atoms with E-state index in [9.17, 15) is 15.2 Å². The third-order valence-corrected chi connectivity index (χ3v) is 5.78. The largest absolute Gasteiger partial charge is 0.504 e. The summed E-state index contributed by atoms with van der Waals surface area (Å²) in [6.45, 7) is 3.59. The highest BCUT2D eigenvalue weighted by Gasteiger charge is 2.20. The molecule has 0 atom stereocenters. The zero-order valence-electron chi connectivity index (χ0n) is 18.6. The van der Waals surface area contributed by atoms with E-state index < -0.39 is 4.92 Å². The lowest BCUT2D eigenvalue weighted by Gasteiger charge is -2.30. The third-order valence-electron chi connectivity index (χ3n) is 5.78. The maximum Gasteiger partial charge on any atom is 0.274 e. The molecule has 2 fully saturated rings. The molecule has 4 rings (SSSR count). The van der Waals surface area contributed by atoms with Crippen molar-refractivity contribution in [3.05, 3.63) is 27.8 Å². The van der Waals surface area contributed by atoms with Crippen molar-refractivity contribution in [1.82, 2.24) is 15.0 Å². The minimum absolute atomic E-state index is 0.00872. The number of nitro benzene ring substituents is 1. The van der Waals surface area contributed by atoms with Gasteiger partial charge in [0.1, 0.15) is 0 Å². The quantitative estimate of drug-likeness (QED) is 0.363. The summed E-state index contributed by atoms with van der Waals surface area (Å²) in [5.41, 5.74) is 2.72. The molecule has 2 N–H and O–H groups in total. The van der Waals surface area contributed by atoms with Crippen molar-refractivity contribution in [3.8, 4) is 11.5 Å². The highest BCUT2D eigenvalue weighted by molar-refractivity contribution is 5.86. The van der Waals surface area contributed by atoms with E-state index >= 15 is 0 Å². The maximum absolute atomic E-state index is 11.2. The van der Waals surface area contributed by atoms with Gasteiger partial charge in [-0.2, -0.15) is 20.1 Å². The fourth-order valence-electron chi connectivity index (χ4n) is 4.01. The number of piperidine rings is 2. The SMILES string of the molecule is COc1cc([N+](=O)[O-])cc(/C=N\Nc2nc(N3CCCCC3)nc(N3CCCCC3)n2)c1O. The Balaban J connectivity index is 1.60. The van der Waals surface area contributed by atoms with Crippen LogP contribution in [0.4, 0.5) is 23.5 Å². The summed E-state index contributed by atoms with van der Waals surface area (Å²) >= 11 is 0. The average molecular weight is 457 g/mol. The van der Waals surface area contributed by atoms with Crippen molar-refractivity contribution in [2.24, 2.45) is 5.10 Å². The van der Waals surface area contributed by atoms with Crippen molar-refractivity contribution in [1.29, 1.82) is 0 Å². The van der Waals surface area contributed by atoms with E-state index in [2.05, 4.69) is 30.3 Å². The van der Waals surface area contributed by atoms with Crippen molar-refractivity contribution in [2.45, 2.75) is 38.5 Å². The number of ether oxygens (including phenoxy) is 1. The van der Waals surface area contributed by atoms with Crippen LogP contribution in [0.2, 0.25) is 0 Å². The van der Waals surface area contributed by atoms with E-state index in [4.69, 9.17) is 9.72 Å². The zero-order chi connectivity index (χ0) is 23.2. The second-order valence-corrected chi connectivity index (χ2v) is 8.07. The standard InChI is InChI=1S/C21H28N8O4/c1-33-17-13-16(29(31)32)12-15(18(17)30)14-22-26-19-23-20(27-8-4-2-5-9-27)25-21(24-19)28-10-6-3-7-11-28/h12-14,30H,2-11H2,1H3,(H,23,24,25,26)/b22-14-. The van der Waals surface area contributed by atoms with Gasteiger partial charge in [-0.3, -0.25) is 10.1 Å². The normalized spacial score (nSPS) is 16.8. The van der Waals surface area contributed by atoms with Gasteiger partial charge < -0.3 is 19.6 Å². The Kier molecular flexibility index (Phi) is 7.01. The predicted molar refractivity (Wildman–Crippen MR) is 124 cm³/mol. The highest BCUT2D eigenvalue weighted by Crippen LogP contribution is 2.33. The smallest absolute Gasteiger partial charge is 0.274 e. The van der Waals surface area contributed by atoms with Crippen LogP contribution in [-0.2, 0) is 0 Å². The number of non-ortho nitro benzene ring substituents is 1. The fourth-order valence-corrected chi connectivity index (χ4v) is 4.01. The van der Waals surface area contributed by atoms with E-state index in [1.807, 2.05) is 0 Å². The number of phenolic OH excluding ortho intramolecular Hbond substituents is 1. The Bertz CT molecular complexity index is 983. The van der Waals surface area contributed by atoms with Crippen molar-refractivity contribution < 1.29 is 14.8 Å². The van der Waals surface area contributed by atoms with Crippen LogP contribution in [0.5, 0.6) is 11.5 Å². The van der Waals surface area contributed by atoms with Crippen molar-refractivity contribution in [2.75, 3.05) is 48.5 Å². The first-order valence-corrected chi connectivity index (χ1v) is 11.2. The molecule has 0 amide bonds. The molecule has 1 aromatic heterocycles. The molecular formula is C21H28N8O4. The Morgan fingerprint density at radius 2 is 1.61 bits per heavy atom. The van der Waals surface area contributed by atoms with E-state index in [-0.39, 0.29) is 28.7 Å². The molecule has 0 spiro atoms. The second kappa shape index (κ2) is 10.3. The van der Waals surface area contributed by atoms with Crippen LogP contribution < -0.4 is 20.0 Å². The first kappa shape index (κ1) is 22.5. The number of nitrogens with zero attached hydrogens (tertiary/aromatic N) is 7. The van der Waals surface area contributed by atoms with Crippen molar-refractivity contribution >= 4 is 29.7 Å². The molecule has 176 valence electrons. The van der Waals surface area contributed by atoms with Crippen LogP contribution in [0.3, 0.4) is 0 Å². The van der Waals surface area contributed by atoms with Gasteiger partial charge in [0.2, 0.25) is 17.8 Å². The third kappa shape index (κ3) is 5.38. The van der Waals surface area contributed by atoms with Gasteiger partial charge in [-0.15, -0.1) is 0 Å². The number of anilines is 3. The van der Waals surface area contributed by atoms with Crippen LogP contribution >= 0.6 is 0 Å². The van der Waals surface area contributed by atoms with E-state index in [0.29, 0.717) is 11.9 Å². The molecule has 0 unspecified atom stereocenters. The molecule has 2 aromatic rings. The van der Waals surface area contributed by atoms with Gasteiger partial charge in [0, 0.05) is 37.8 Å². The summed E-state index contributed by atoms with van der Waals surface area (Å²) in [5.74, 6) is 1.25. The molecular weight excluding hydrogens is 428 g/mol. The molecule has 0 radical (unpaired) electrons. The van der Waals surface area contributed by atoms with Crippen molar-refractivity contribution in [3.63, 3.8) is 0 Å². The van der Waals surface area contributed by atoms with E-state index in [1.54, 1.807) is 0 Å². The number of methoxy groups -OCH3 is 1. The minimum Gasteiger partial charge on any atom is -0.504 e. The van der Waals surface area contributed by atoms with Gasteiger partial charge in [0.15, 0.2) is 11.5 Å². The maximum atomic E-state index is 11.2. The molecule has 33 heavy (non-hydrogen) atoms. The summed E-state index contributed by atoms with van der Waals surface area (Å²) in [6.07, 6.45) is 8.06. The first-order chi connectivity index (χ1) is 16.0. The molecule has 0 saturated carbocycles. The minimum atomic E-state index is -0.561. The monoisotopic (exact) mass is 456 g/mol. The molecule has 1 aromatic carbocycles. The molecule has 2 aliphatic heterocycles. The van der Waals surface area contributed by atoms with E-state index in [0.717, 1.165) is 57.9 Å². The van der Waals surface area contributed by atoms with Gasteiger partial charge in [0.25, 0.3) is 5.69 Å². The summed E-state index contributed by atoms with van der Waals surface area (Å²) in [4.78, 5) is 28.7. The summed E-state index contributed by atoms with van der Waals surface area (Å²) in [5, 5.41) is 25.6. The summed E-state index contributed by atoms with van der Waals surface area (Å²) < 4.78 is 5.03. The van der Waals surface area contributed by atoms with Gasteiger partial charge in [-0.05, 0) is 38.5 Å². The molecule has 0 aliphatic carbocycles. The van der Waals surface area contributed by atoms with Crippen LogP contribution in [-0.4, -0.2) is 64.5 Å². The van der Waals surface area contributed by atoms with Crippen LogP contribution in [0, 0.1) is 10.1 Å². The lowest BCUT2D eigenvalue weighted by Crippen LogP contribution is -2.34. The molecule has 3 heterocycles. The predicted octanol–water partition coefficient (Wildman–Crippen LogP) is 2.92. The number of hydrogen-bond donors (Lipinski definition) is 2. The summed E-state index contributed by atoms with van der Waals surface area (Å²) in [7, 11) is 1.33. The molecule has 2 saturated heterocycles. The van der Waals surface area contributed by atoms with Gasteiger partial charge >= 0.3 is 0 Å². The van der Waals surface area contributed by atoms with Gasteiger partial charge in [0.05, 0.1) is 24.3 Å². The van der Waals surface area contributed by atoms with Gasteiger partial charge in [-0.25, -0.2) is 5.43 Å².